The molecule has 2 atom stereocenters. The fraction of sp³-hybridized carbons (Fsp3) is 0.409. The van der Waals surface area contributed by atoms with Crippen molar-refractivity contribution in [3.8, 4) is 5.75 Å². The minimum Gasteiger partial charge on any atom is -0.483 e. The highest BCUT2D eigenvalue weighted by atomic mass is 32.2. The average Bonchev–Trinajstić information content (AvgIpc) is 2.76. The van der Waals surface area contributed by atoms with Crippen LogP contribution in [0.25, 0.3) is 0 Å². The highest BCUT2D eigenvalue weighted by Gasteiger charge is 2.51. The van der Waals surface area contributed by atoms with Crippen LogP contribution in [0.3, 0.4) is 0 Å². The summed E-state index contributed by atoms with van der Waals surface area (Å²) in [6.07, 6.45) is -16.0. The van der Waals surface area contributed by atoms with Crippen LogP contribution in [0, 0.1) is 5.82 Å². The van der Waals surface area contributed by atoms with Crippen LogP contribution >= 0.6 is 0 Å². The summed E-state index contributed by atoms with van der Waals surface area (Å²) in [6.45, 7) is 0.242. The van der Waals surface area contributed by atoms with Crippen molar-refractivity contribution < 1.29 is 58.5 Å². The van der Waals surface area contributed by atoms with Crippen molar-refractivity contribution in [1.29, 1.82) is 0 Å². The lowest BCUT2D eigenvalue weighted by Gasteiger charge is -2.37. The fourth-order valence-corrected chi connectivity index (χ4v) is 4.79. The molecule has 2 unspecified atom stereocenters. The average molecular weight is 559 g/mol. The van der Waals surface area contributed by atoms with Gasteiger partial charge in [-0.2, -0.15) is 26.3 Å². The number of carbonyl (C=O) groups is 1. The van der Waals surface area contributed by atoms with Gasteiger partial charge in [-0.1, -0.05) is 6.07 Å². The predicted molar refractivity (Wildman–Crippen MR) is 114 cm³/mol. The predicted octanol–water partition coefficient (Wildman–Crippen LogP) is 4.13. The first kappa shape index (κ1) is 28.5. The van der Waals surface area contributed by atoms with Crippen LogP contribution in [-0.2, 0) is 26.0 Å². The van der Waals surface area contributed by atoms with Crippen molar-refractivity contribution in [3.63, 3.8) is 0 Å². The van der Waals surface area contributed by atoms with Gasteiger partial charge in [0.15, 0.2) is 12.2 Å². The maximum absolute atomic E-state index is 13.3. The van der Waals surface area contributed by atoms with Crippen molar-refractivity contribution in [2.75, 3.05) is 10.8 Å². The Morgan fingerprint density at radius 1 is 1.11 bits per heavy atom. The van der Waals surface area contributed by atoms with Crippen LogP contribution in [0.5, 0.6) is 5.75 Å². The number of ether oxygens (including phenoxy) is 2. The van der Waals surface area contributed by atoms with E-state index in [2.05, 4.69) is 4.74 Å². The van der Waals surface area contributed by atoms with E-state index in [9.17, 15) is 49.1 Å². The summed E-state index contributed by atoms with van der Waals surface area (Å²) in [5.41, 5.74) is -3.21. The molecule has 2 aromatic carbocycles. The molecular weight excluding hydrogens is 539 g/mol. The second-order valence-corrected chi connectivity index (χ2v) is 10.5. The molecule has 0 amide bonds. The highest BCUT2D eigenvalue weighted by molar-refractivity contribution is 7.92. The molecule has 15 heteroatoms. The first-order chi connectivity index (χ1) is 16.8. The lowest BCUT2D eigenvalue weighted by Crippen LogP contribution is -2.53. The summed E-state index contributed by atoms with van der Waals surface area (Å²) in [7, 11) is -4.65. The topological polar surface area (TPSA) is 93.1 Å². The molecule has 0 aromatic heterocycles. The summed E-state index contributed by atoms with van der Waals surface area (Å²) in [5.74, 6) is -2.51. The number of aliphatic hydroxyl groups is 1. The SMILES string of the molecule is CC(C)(OC(=O)Cc1ccc2c(c1)N(S(=O)(=O)c1ccc(F)cc1)CC(C(O)C(F)(F)F)O2)C(F)(F)F. The number of sulfonamides is 1. The molecule has 1 N–H and O–H groups in total. The lowest BCUT2D eigenvalue weighted by atomic mass is 10.1. The number of nitrogens with zero attached hydrogens (tertiary/aromatic N) is 1. The van der Waals surface area contributed by atoms with Gasteiger partial charge in [0.2, 0.25) is 5.60 Å². The van der Waals surface area contributed by atoms with E-state index in [1.54, 1.807) is 0 Å². The molecule has 7 nitrogen and oxygen atoms in total. The van der Waals surface area contributed by atoms with Gasteiger partial charge in [-0.05, 0) is 55.8 Å². The van der Waals surface area contributed by atoms with E-state index in [0.29, 0.717) is 18.2 Å². The second-order valence-electron chi connectivity index (χ2n) is 8.59. The van der Waals surface area contributed by atoms with Crippen LogP contribution in [0.2, 0.25) is 0 Å². The number of hydrogen-bond donors (Lipinski definition) is 1. The number of halogens is 7. The number of carbonyl (C=O) groups excluding carboxylic acids is 1. The highest BCUT2D eigenvalue weighted by Crippen LogP contribution is 2.40. The van der Waals surface area contributed by atoms with Gasteiger partial charge in [0.05, 0.1) is 23.5 Å². The fourth-order valence-electron chi connectivity index (χ4n) is 3.31. The molecule has 3 rings (SSSR count). The number of benzene rings is 2. The number of alkyl halides is 6. The third kappa shape index (κ3) is 6.09. The summed E-state index contributed by atoms with van der Waals surface area (Å²) < 4.78 is 129. The summed E-state index contributed by atoms with van der Waals surface area (Å²) >= 11 is 0. The Balaban J connectivity index is 2.01. The first-order valence-corrected chi connectivity index (χ1v) is 11.9. The molecule has 1 aliphatic rings. The number of aliphatic hydroxyl groups excluding tert-OH is 1. The molecule has 0 fully saturated rings. The van der Waals surface area contributed by atoms with E-state index < -0.39 is 75.6 Å². The maximum atomic E-state index is 13.3. The van der Waals surface area contributed by atoms with Crippen LogP contribution in [0.15, 0.2) is 47.4 Å². The van der Waals surface area contributed by atoms with Crippen LogP contribution < -0.4 is 9.04 Å². The molecule has 37 heavy (non-hydrogen) atoms. The number of esters is 1. The van der Waals surface area contributed by atoms with E-state index >= 15 is 0 Å². The molecule has 204 valence electrons. The van der Waals surface area contributed by atoms with Crippen molar-refractivity contribution in [1.82, 2.24) is 0 Å². The van der Waals surface area contributed by atoms with E-state index in [1.807, 2.05) is 0 Å². The van der Waals surface area contributed by atoms with E-state index in [1.165, 1.54) is 0 Å². The van der Waals surface area contributed by atoms with Crippen LogP contribution in [0.1, 0.15) is 19.4 Å². The van der Waals surface area contributed by atoms with Crippen molar-refractivity contribution in [2.24, 2.45) is 0 Å². The van der Waals surface area contributed by atoms with E-state index in [0.717, 1.165) is 42.5 Å². The van der Waals surface area contributed by atoms with Crippen molar-refractivity contribution >= 4 is 21.7 Å². The van der Waals surface area contributed by atoms with Crippen molar-refractivity contribution in [2.45, 2.75) is 55.3 Å². The largest absolute Gasteiger partial charge is 0.483 e. The smallest absolute Gasteiger partial charge is 0.427 e. The zero-order chi connectivity index (χ0) is 28.0. The maximum Gasteiger partial charge on any atom is 0.427 e. The Kier molecular flexibility index (Phi) is 7.45. The Morgan fingerprint density at radius 3 is 2.24 bits per heavy atom. The monoisotopic (exact) mass is 559 g/mol. The van der Waals surface area contributed by atoms with Crippen LogP contribution in [0.4, 0.5) is 36.4 Å². The lowest BCUT2D eigenvalue weighted by molar-refractivity contribution is -0.257. The van der Waals surface area contributed by atoms with Gasteiger partial charge in [0.25, 0.3) is 10.0 Å². The van der Waals surface area contributed by atoms with Gasteiger partial charge in [-0.15, -0.1) is 0 Å². The molecule has 0 saturated carbocycles. The number of fused-ring (bicyclic) bond motifs is 1. The molecule has 1 aliphatic heterocycles. The Bertz CT molecular complexity index is 1260. The molecule has 0 spiro atoms. The zero-order valence-corrected chi connectivity index (χ0v) is 19.9. The molecule has 1 heterocycles. The number of hydrogen-bond acceptors (Lipinski definition) is 6. The Labute approximate surface area is 206 Å². The van der Waals surface area contributed by atoms with Gasteiger partial charge in [-0.3, -0.25) is 9.10 Å². The normalized spacial score (nSPS) is 17.6. The summed E-state index contributed by atoms with van der Waals surface area (Å²) in [4.78, 5) is 11.6. The Hall–Kier alpha value is -3.07. The molecule has 2 aromatic rings. The number of rotatable bonds is 6. The number of anilines is 1. The summed E-state index contributed by atoms with van der Waals surface area (Å²) in [6, 6.07) is 6.51. The van der Waals surface area contributed by atoms with Gasteiger partial charge in [0.1, 0.15) is 11.6 Å². The van der Waals surface area contributed by atoms with E-state index in [4.69, 9.17) is 4.74 Å². The van der Waals surface area contributed by atoms with E-state index in [-0.39, 0.29) is 11.3 Å². The minimum atomic E-state index is -5.16. The molecular formula is C22H20F7NO6S. The molecule has 0 bridgehead atoms. The zero-order valence-electron chi connectivity index (χ0n) is 19.1. The van der Waals surface area contributed by atoms with Gasteiger partial charge in [-0.25, -0.2) is 12.8 Å². The van der Waals surface area contributed by atoms with Crippen molar-refractivity contribution in [3.05, 3.63) is 53.8 Å². The molecule has 0 aliphatic carbocycles. The Morgan fingerprint density at radius 2 is 1.70 bits per heavy atom. The first-order valence-electron chi connectivity index (χ1n) is 10.4. The quantitative estimate of drug-likeness (QED) is 0.423. The molecule has 0 saturated heterocycles. The third-order valence-electron chi connectivity index (χ3n) is 5.41. The van der Waals surface area contributed by atoms with Crippen LogP contribution in [-0.4, -0.2) is 56.2 Å². The van der Waals surface area contributed by atoms with Gasteiger partial charge in [0, 0.05) is 0 Å². The minimum absolute atomic E-state index is 0.0422. The summed E-state index contributed by atoms with van der Waals surface area (Å²) in [5, 5.41) is 9.70. The third-order valence-corrected chi connectivity index (χ3v) is 7.20. The van der Waals surface area contributed by atoms with Gasteiger partial charge >= 0.3 is 18.3 Å². The molecule has 0 radical (unpaired) electrons. The van der Waals surface area contributed by atoms with Gasteiger partial charge < -0.3 is 14.6 Å². The standard InChI is InChI=1S/C22H20F7NO6S/c1-20(2,22(27,28)29)36-18(31)10-12-3-8-16-15(9-12)30(11-17(35-16)19(32)21(24,25)26)37(33,34)14-6-4-13(23)5-7-14/h3-9,17,19,32H,10-11H2,1-2H3. The second kappa shape index (κ2) is 9.67.